The minimum atomic E-state index is 0.681. The topological polar surface area (TPSA) is 19.0 Å². The summed E-state index contributed by atoms with van der Waals surface area (Å²) < 4.78 is 1.17. The first kappa shape index (κ1) is 11.3. The van der Waals surface area contributed by atoms with Crippen LogP contribution >= 0.6 is 15.9 Å². The first-order chi connectivity index (χ1) is 8.15. The molecule has 1 N–H and O–H groups in total. The van der Waals surface area contributed by atoms with Crippen LogP contribution in [0, 0.1) is 0 Å². The summed E-state index contributed by atoms with van der Waals surface area (Å²) in [4.78, 5) is 5.91. The molecule has 0 saturated carbocycles. The molecule has 90 valence electrons. The van der Waals surface area contributed by atoms with Crippen LogP contribution in [0.3, 0.4) is 0 Å². The van der Waals surface area contributed by atoms with Crippen LogP contribution in [0.2, 0.25) is 0 Å². The molecule has 0 radical (unpaired) electrons. The van der Waals surface area contributed by atoms with Gasteiger partial charge in [0.15, 0.2) is 0 Å². The predicted octanol–water partition coefficient (Wildman–Crippen LogP) is 3.35. The fourth-order valence-corrected chi connectivity index (χ4v) is 3.17. The van der Waals surface area contributed by atoms with Crippen LogP contribution < -0.4 is 0 Å². The van der Waals surface area contributed by atoms with E-state index >= 15 is 0 Å². The SMILES string of the molecule is CN(C)[C@H]1CCc2[nH]c3ccc(Br)cc3c2C1. The molecule has 1 aromatic carbocycles. The van der Waals surface area contributed by atoms with Crippen molar-refractivity contribution >= 4 is 26.8 Å². The number of fused-ring (bicyclic) bond motifs is 3. The van der Waals surface area contributed by atoms with Crippen molar-refractivity contribution in [1.82, 2.24) is 9.88 Å². The van der Waals surface area contributed by atoms with Gasteiger partial charge in [-0.3, -0.25) is 0 Å². The summed E-state index contributed by atoms with van der Waals surface area (Å²) in [5.74, 6) is 0. The van der Waals surface area contributed by atoms with E-state index in [0.717, 1.165) is 0 Å². The van der Waals surface area contributed by atoms with Gasteiger partial charge in [-0.25, -0.2) is 0 Å². The number of H-pyrrole nitrogens is 1. The average molecular weight is 293 g/mol. The van der Waals surface area contributed by atoms with Crippen molar-refractivity contribution in [2.75, 3.05) is 14.1 Å². The van der Waals surface area contributed by atoms with Gasteiger partial charge in [0.25, 0.3) is 0 Å². The van der Waals surface area contributed by atoms with Crippen molar-refractivity contribution in [3.05, 3.63) is 33.9 Å². The van der Waals surface area contributed by atoms with Gasteiger partial charge in [0, 0.05) is 27.1 Å². The Bertz CT molecular complexity index is 557. The maximum atomic E-state index is 3.56. The number of hydrogen-bond acceptors (Lipinski definition) is 1. The standard InChI is InChI=1S/C14H17BrN2/c1-17(2)10-4-6-14-12(8-10)11-7-9(15)3-5-13(11)16-14/h3,5,7,10,16H,4,6,8H2,1-2H3/t10-/m0/s1. The fourth-order valence-electron chi connectivity index (χ4n) is 2.81. The van der Waals surface area contributed by atoms with Crippen LogP contribution in [-0.2, 0) is 12.8 Å². The van der Waals surface area contributed by atoms with Crippen molar-refractivity contribution in [2.45, 2.75) is 25.3 Å². The van der Waals surface area contributed by atoms with E-state index in [9.17, 15) is 0 Å². The molecule has 0 aliphatic heterocycles. The Morgan fingerprint density at radius 1 is 1.35 bits per heavy atom. The third kappa shape index (κ3) is 1.91. The fraction of sp³-hybridized carbons (Fsp3) is 0.429. The molecule has 0 fully saturated rings. The molecule has 1 aromatic heterocycles. The van der Waals surface area contributed by atoms with E-state index < -0.39 is 0 Å². The van der Waals surface area contributed by atoms with Crippen LogP contribution in [0.15, 0.2) is 22.7 Å². The Hall–Kier alpha value is -0.800. The summed E-state index contributed by atoms with van der Waals surface area (Å²) in [7, 11) is 4.36. The van der Waals surface area contributed by atoms with Gasteiger partial charge in [0.2, 0.25) is 0 Å². The van der Waals surface area contributed by atoms with Crippen molar-refractivity contribution in [3.63, 3.8) is 0 Å². The van der Waals surface area contributed by atoms with Crippen LogP contribution in [0.5, 0.6) is 0 Å². The lowest BCUT2D eigenvalue weighted by Crippen LogP contribution is -2.33. The van der Waals surface area contributed by atoms with Crippen LogP contribution in [0.25, 0.3) is 10.9 Å². The Labute approximate surface area is 110 Å². The molecule has 0 spiro atoms. The highest BCUT2D eigenvalue weighted by atomic mass is 79.9. The summed E-state index contributed by atoms with van der Waals surface area (Å²) in [6.45, 7) is 0. The predicted molar refractivity (Wildman–Crippen MR) is 75.5 cm³/mol. The van der Waals surface area contributed by atoms with E-state index in [-0.39, 0.29) is 0 Å². The van der Waals surface area contributed by atoms with Gasteiger partial charge >= 0.3 is 0 Å². The molecule has 1 atom stereocenters. The summed E-state index contributed by atoms with van der Waals surface area (Å²) in [6, 6.07) is 7.19. The molecule has 0 saturated heterocycles. The largest absolute Gasteiger partial charge is 0.358 e. The van der Waals surface area contributed by atoms with E-state index in [1.807, 2.05) is 0 Å². The molecule has 1 aliphatic carbocycles. The highest BCUT2D eigenvalue weighted by Crippen LogP contribution is 2.31. The number of aromatic nitrogens is 1. The lowest BCUT2D eigenvalue weighted by Gasteiger charge is -2.28. The lowest BCUT2D eigenvalue weighted by molar-refractivity contribution is 0.268. The Kier molecular flexibility index (Phi) is 2.75. The summed E-state index contributed by atoms with van der Waals surface area (Å²) >= 11 is 3.56. The summed E-state index contributed by atoms with van der Waals surface area (Å²) in [6.07, 6.45) is 3.59. The van der Waals surface area contributed by atoms with Gasteiger partial charge in [-0.2, -0.15) is 0 Å². The summed E-state index contributed by atoms with van der Waals surface area (Å²) in [5.41, 5.74) is 4.24. The zero-order valence-electron chi connectivity index (χ0n) is 10.3. The van der Waals surface area contributed by atoms with Gasteiger partial charge in [0.1, 0.15) is 0 Å². The number of nitrogens with one attached hydrogen (secondary N) is 1. The number of rotatable bonds is 1. The van der Waals surface area contributed by atoms with Crippen molar-refractivity contribution < 1.29 is 0 Å². The molecule has 3 heteroatoms. The quantitative estimate of drug-likeness (QED) is 0.854. The molecular formula is C14H17BrN2. The van der Waals surface area contributed by atoms with Crippen molar-refractivity contribution in [2.24, 2.45) is 0 Å². The van der Waals surface area contributed by atoms with Gasteiger partial charge in [-0.05, 0) is 57.1 Å². The number of aromatic amines is 1. The maximum Gasteiger partial charge on any atom is 0.0459 e. The molecule has 17 heavy (non-hydrogen) atoms. The average Bonchev–Trinajstić information content (AvgIpc) is 2.66. The molecule has 0 unspecified atom stereocenters. The maximum absolute atomic E-state index is 3.56. The molecular weight excluding hydrogens is 276 g/mol. The zero-order chi connectivity index (χ0) is 12.0. The Balaban J connectivity index is 2.10. The number of aryl methyl sites for hydroxylation is 1. The Morgan fingerprint density at radius 3 is 2.94 bits per heavy atom. The normalized spacial score (nSPS) is 19.9. The second-order valence-corrected chi connectivity index (χ2v) is 6.05. The summed E-state index contributed by atoms with van der Waals surface area (Å²) in [5, 5.41) is 1.39. The first-order valence-corrected chi connectivity index (χ1v) is 6.90. The smallest absolute Gasteiger partial charge is 0.0459 e. The van der Waals surface area contributed by atoms with E-state index in [1.165, 1.54) is 45.9 Å². The number of hydrogen-bond donors (Lipinski definition) is 1. The van der Waals surface area contributed by atoms with Gasteiger partial charge < -0.3 is 9.88 Å². The number of nitrogens with zero attached hydrogens (tertiary/aromatic N) is 1. The molecule has 2 nitrogen and oxygen atoms in total. The zero-order valence-corrected chi connectivity index (χ0v) is 11.8. The monoisotopic (exact) mass is 292 g/mol. The van der Waals surface area contributed by atoms with E-state index in [4.69, 9.17) is 0 Å². The van der Waals surface area contributed by atoms with Crippen LogP contribution in [0.4, 0.5) is 0 Å². The molecule has 1 heterocycles. The van der Waals surface area contributed by atoms with Crippen LogP contribution in [0.1, 0.15) is 17.7 Å². The van der Waals surface area contributed by atoms with Gasteiger partial charge in [-0.1, -0.05) is 15.9 Å². The number of likely N-dealkylation sites (N-methyl/N-ethyl adjacent to an activating group) is 1. The third-order valence-electron chi connectivity index (χ3n) is 3.85. The second kappa shape index (κ2) is 4.14. The number of halogens is 1. The Morgan fingerprint density at radius 2 is 2.18 bits per heavy atom. The van der Waals surface area contributed by atoms with Crippen molar-refractivity contribution in [3.8, 4) is 0 Å². The molecule has 3 rings (SSSR count). The van der Waals surface area contributed by atoms with E-state index in [0.29, 0.717) is 6.04 Å². The number of benzene rings is 1. The third-order valence-corrected chi connectivity index (χ3v) is 4.35. The van der Waals surface area contributed by atoms with Gasteiger partial charge in [0.05, 0.1) is 0 Å². The highest BCUT2D eigenvalue weighted by molar-refractivity contribution is 9.10. The van der Waals surface area contributed by atoms with Gasteiger partial charge in [-0.15, -0.1) is 0 Å². The molecule has 0 amide bonds. The molecule has 0 bridgehead atoms. The first-order valence-electron chi connectivity index (χ1n) is 6.10. The molecule has 2 aromatic rings. The van der Waals surface area contributed by atoms with E-state index in [1.54, 1.807) is 0 Å². The minimum absolute atomic E-state index is 0.681. The highest BCUT2D eigenvalue weighted by Gasteiger charge is 2.23. The van der Waals surface area contributed by atoms with E-state index in [2.05, 4.69) is 58.1 Å². The minimum Gasteiger partial charge on any atom is -0.358 e. The molecule has 1 aliphatic rings. The van der Waals surface area contributed by atoms with Crippen LogP contribution in [-0.4, -0.2) is 30.0 Å². The lowest BCUT2D eigenvalue weighted by atomic mass is 9.91. The van der Waals surface area contributed by atoms with Crippen molar-refractivity contribution in [1.29, 1.82) is 0 Å². The second-order valence-electron chi connectivity index (χ2n) is 5.13.